The second-order valence-electron chi connectivity index (χ2n) is 30.5. The molecule has 0 spiro atoms. The van der Waals surface area contributed by atoms with E-state index in [9.17, 15) is 83.1 Å². The van der Waals surface area contributed by atoms with E-state index < -0.39 is 266 Å². The number of methoxy groups -OCH3 is 1. The SMILES string of the molecule is CCCC(C)C(C)C(O)C(C)C(=O)NC(CCCN)C(=O)NC(CCC(N)=O)C(O)C(O)C(=O)NC(C(=O)NC1C(=O)NC(CO)C(=O)NC(CCCN)C(=O)NC(CC(C)C)C(=O)N(C)C(CCC(N)=O)C(=O)NC(C(C)OC)C(=O)NC(CC(=O)O)C(=O)N2CCCCC2C(=O)OC1C(C)C(C)C)C(C)C(C)C(N)=O. The molecule has 39 nitrogen and oxygen atoms in total. The standard InChI is InChI=1S/C73H128N16O23/c1-15-20-36(6)38(8)57(95)41(11)62(99)80-44(21-18-28-74)63(100)79-43(24-26-51(76)91)58(96)59(97)70(107)85-54(39(9)40(10)61(78)98)67(104)87-56-60(37(7)35(4)5)112-73(110)50-23-16-17-30-89(50)72(109)47(32-53(93)94)83-68(105)55(42(12)111-14)86-66(103)49(25-27-52(77)92)88(13)71(108)46(31-34(2)3)82-64(101)45(22-19-29-75)81-65(102)48(33-90)84-69(56)106/h34-50,54-60,90,95-97H,15-33,74-75H2,1-14H3,(H2,76,91)(H2,77,92)(H2,78,98)(H,79,100)(H,80,99)(H,81,102)(H,82,101)(H,83,105)(H,84,106)(H,85,107)(H,86,103)(H,87,104)(H,93,94). The van der Waals surface area contributed by atoms with Crippen molar-refractivity contribution in [3.05, 3.63) is 0 Å². The maximum atomic E-state index is 15.5. The summed E-state index contributed by atoms with van der Waals surface area (Å²) in [4.78, 5) is 229. The van der Waals surface area contributed by atoms with Crippen LogP contribution in [-0.2, 0) is 86.2 Å². The maximum absolute atomic E-state index is 15.5. The van der Waals surface area contributed by atoms with Crippen molar-refractivity contribution in [2.75, 3.05) is 40.4 Å². The lowest BCUT2D eigenvalue weighted by molar-refractivity contribution is -0.168. The summed E-state index contributed by atoms with van der Waals surface area (Å²) in [5.74, 6) is -25.4. The number of aliphatic hydroxyl groups is 4. The summed E-state index contributed by atoms with van der Waals surface area (Å²) >= 11 is 0. The molecule has 2 aliphatic heterocycles. The van der Waals surface area contributed by atoms with Crippen molar-refractivity contribution < 1.29 is 112 Å². The number of cyclic esters (lactones) is 1. The fraction of sp³-hybridized carbons (Fsp3) is 0.781. The van der Waals surface area contributed by atoms with Crippen LogP contribution in [-0.4, -0.2) is 267 Å². The zero-order valence-electron chi connectivity index (χ0n) is 67.2. The Morgan fingerprint density at radius 2 is 1.21 bits per heavy atom. The summed E-state index contributed by atoms with van der Waals surface area (Å²) < 4.78 is 11.7. The fourth-order valence-corrected chi connectivity index (χ4v) is 13.2. The summed E-state index contributed by atoms with van der Waals surface area (Å²) in [5, 5.41) is 78.3. The molecule has 2 rings (SSSR count). The van der Waals surface area contributed by atoms with Gasteiger partial charge in [0.2, 0.25) is 76.8 Å². The number of fused-ring (bicyclic) bond motifs is 1. The van der Waals surface area contributed by atoms with E-state index in [1.54, 1.807) is 34.6 Å². The molecule has 39 heteroatoms. The molecule has 2 heterocycles. The summed E-state index contributed by atoms with van der Waals surface area (Å²) in [6.07, 6.45) is -11.4. The molecule has 22 unspecified atom stereocenters. The smallest absolute Gasteiger partial charge is 0.329 e. The minimum Gasteiger partial charge on any atom is -0.481 e. The van der Waals surface area contributed by atoms with Crippen LogP contribution in [0.4, 0.5) is 0 Å². The first kappa shape index (κ1) is 99.3. The van der Waals surface area contributed by atoms with Gasteiger partial charge >= 0.3 is 11.9 Å². The van der Waals surface area contributed by atoms with Gasteiger partial charge in [0.15, 0.2) is 6.10 Å². The fourth-order valence-electron chi connectivity index (χ4n) is 13.2. The monoisotopic (exact) mass is 1600 g/mol. The van der Waals surface area contributed by atoms with Crippen molar-refractivity contribution >= 4 is 94.6 Å². The summed E-state index contributed by atoms with van der Waals surface area (Å²) in [5.41, 5.74) is 28.5. The minimum atomic E-state index is -2.69. The molecule has 2 saturated heterocycles. The molecule has 0 aromatic heterocycles. The van der Waals surface area contributed by atoms with Gasteiger partial charge in [-0.2, -0.15) is 0 Å². The number of piperidine rings is 1. The largest absolute Gasteiger partial charge is 0.481 e. The predicted octanol–water partition coefficient (Wildman–Crippen LogP) is -5.12. The number of carbonyl (C=O) groups excluding carboxylic acids is 15. The number of ether oxygens (including phenoxy) is 2. The molecule has 0 bridgehead atoms. The third-order valence-corrected chi connectivity index (χ3v) is 21.3. The Bertz CT molecular complexity index is 3200. The van der Waals surface area contributed by atoms with E-state index in [1.807, 2.05) is 13.8 Å². The molecular weight excluding hydrogens is 1470 g/mol. The average Bonchev–Trinajstić information content (AvgIpc) is 0.807. The molecule has 0 aromatic carbocycles. The maximum Gasteiger partial charge on any atom is 0.329 e. The Balaban J connectivity index is 3.12. The quantitative estimate of drug-likeness (QED) is 0.0256. The molecule has 2 fully saturated rings. The zero-order chi connectivity index (χ0) is 85.5. The van der Waals surface area contributed by atoms with E-state index in [0.29, 0.717) is 0 Å². The lowest BCUT2D eigenvalue weighted by atomic mass is 9.82. The number of hydrogen-bond acceptors (Lipinski definition) is 24. The topological polar surface area (TPSA) is 638 Å². The normalized spacial score (nSPS) is 24.5. The van der Waals surface area contributed by atoms with E-state index in [1.165, 1.54) is 34.6 Å². The molecule has 638 valence electrons. The number of hydrogen-bond donors (Lipinski definition) is 19. The number of primary amides is 3. The van der Waals surface area contributed by atoms with Crippen molar-refractivity contribution in [2.45, 2.75) is 276 Å². The summed E-state index contributed by atoms with van der Waals surface area (Å²) in [7, 11) is 2.31. The van der Waals surface area contributed by atoms with Crippen LogP contribution in [0.1, 0.15) is 179 Å². The number of esters is 1. The molecule has 0 aliphatic carbocycles. The highest BCUT2D eigenvalue weighted by Gasteiger charge is 2.48. The second-order valence-corrected chi connectivity index (χ2v) is 30.5. The first-order valence-electron chi connectivity index (χ1n) is 38.5. The number of carboxylic acid groups (broad SMARTS) is 1. The third kappa shape index (κ3) is 30.3. The molecule has 0 aromatic rings. The number of nitrogens with two attached hydrogens (primary N) is 5. The van der Waals surface area contributed by atoms with E-state index >= 15 is 19.2 Å². The first-order chi connectivity index (χ1) is 52.4. The third-order valence-electron chi connectivity index (χ3n) is 21.3. The van der Waals surface area contributed by atoms with Gasteiger partial charge in [-0.05, 0) is 120 Å². The molecule has 2 aliphatic rings. The lowest BCUT2D eigenvalue weighted by Gasteiger charge is -2.39. The van der Waals surface area contributed by atoms with Crippen molar-refractivity contribution in [2.24, 2.45) is 76.0 Å². The molecule has 112 heavy (non-hydrogen) atoms. The number of aliphatic hydroxyl groups excluding tert-OH is 4. The van der Waals surface area contributed by atoms with Crippen molar-refractivity contribution in [3.63, 3.8) is 0 Å². The number of nitrogens with zero attached hydrogens (tertiary/aromatic N) is 2. The Hall–Kier alpha value is -8.76. The van der Waals surface area contributed by atoms with Crippen molar-refractivity contribution in [3.8, 4) is 0 Å². The highest BCUT2D eigenvalue weighted by Crippen LogP contribution is 2.29. The Morgan fingerprint density at radius 1 is 0.625 bits per heavy atom. The van der Waals surface area contributed by atoms with Crippen LogP contribution < -0.4 is 76.5 Å². The van der Waals surface area contributed by atoms with Crippen LogP contribution >= 0.6 is 0 Å². The number of amides is 14. The molecule has 0 radical (unpaired) electrons. The van der Waals surface area contributed by atoms with Gasteiger partial charge < -0.3 is 121 Å². The minimum absolute atomic E-state index is 0.0112. The van der Waals surface area contributed by atoms with Crippen LogP contribution in [0.25, 0.3) is 0 Å². The van der Waals surface area contributed by atoms with Gasteiger partial charge in [0, 0.05) is 39.5 Å². The van der Waals surface area contributed by atoms with Gasteiger partial charge in [-0.25, -0.2) is 4.79 Å². The number of likely N-dealkylation sites (N-methyl/N-ethyl adjacent to an activating group) is 1. The Kier molecular flexibility index (Phi) is 42.9. The average molecular weight is 1600 g/mol. The highest BCUT2D eigenvalue weighted by molar-refractivity contribution is 6.00. The Labute approximate surface area is 654 Å². The van der Waals surface area contributed by atoms with E-state index in [2.05, 4.69) is 47.9 Å². The van der Waals surface area contributed by atoms with Gasteiger partial charge in [0.25, 0.3) is 5.91 Å². The number of aliphatic carboxylic acids is 1. The van der Waals surface area contributed by atoms with Crippen LogP contribution in [0.2, 0.25) is 0 Å². The van der Waals surface area contributed by atoms with Gasteiger partial charge in [-0.3, -0.25) is 71.9 Å². The van der Waals surface area contributed by atoms with E-state index in [0.717, 1.165) is 36.8 Å². The predicted molar refractivity (Wildman–Crippen MR) is 404 cm³/mol. The summed E-state index contributed by atoms with van der Waals surface area (Å²) in [6, 6.07) is -20.1. The van der Waals surface area contributed by atoms with E-state index in [4.69, 9.17) is 38.1 Å². The molecule has 14 amide bonds. The van der Waals surface area contributed by atoms with Crippen LogP contribution in [0.3, 0.4) is 0 Å². The van der Waals surface area contributed by atoms with Gasteiger partial charge in [0.1, 0.15) is 72.6 Å². The summed E-state index contributed by atoms with van der Waals surface area (Å²) in [6.45, 7) is 17.3. The molecule has 24 N–H and O–H groups in total. The number of nitrogens with one attached hydrogen (secondary N) is 9. The van der Waals surface area contributed by atoms with Gasteiger partial charge in [-0.1, -0.05) is 89.0 Å². The highest BCUT2D eigenvalue weighted by atomic mass is 16.5. The zero-order valence-corrected chi connectivity index (χ0v) is 67.2. The van der Waals surface area contributed by atoms with Crippen LogP contribution in [0.15, 0.2) is 0 Å². The Morgan fingerprint density at radius 3 is 1.76 bits per heavy atom. The van der Waals surface area contributed by atoms with Crippen molar-refractivity contribution in [1.82, 2.24) is 57.7 Å². The molecular formula is C73H128N16O23. The number of carbonyl (C=O) groups is 16. The van der Waals surface area contributed by atoms with Crippen LogP contribution in [0.5, 0.6) is 0 Å². The number of carboxylic acids is 1. The molecule has 22 atom stereocenters. The van der Waals surface area contributed by atoms with Crippen molar-refractivity contribution in [1.29, 1.82) is 0 Å². The van der Waals surface area contributed by atoms with Gasteiger partial charge in [0.05, 0.1) is 37.2 Å². The second kappa shape index (κ2) is 48.3. The lowest BCUT2D eigenvalue weighted by Crippen LogP contribution is -2.65. The number of rotatable bonds is 39. The van der Waals surface area contributed by atoms with Crippen LogP contribution in [0, 0.1) is 47.3 Å². The van der Waals surface area contributed by atoms with Gasteiger partial charge in [-0.15, -0.1) is 0 Å². The van der Waals surface area contributed by atoms with E-state index in [-0.39, 0.29) is 82.8 Å². The molecule has 0 saturated carbocycles. The first-order valence-corrected chi connectivity index (χ1v) is 38.5.